The largest absolute Gasteiger partial charge is 0.376 e. The van der Waals surface area contributed by atoms with Gasteiger partial charge in [0.05, 0.1) is 12.2 Å². The van der Waals surface area contributed by atoms with Gasteiger partial charge in [-0.15, -0.1) is 0 Å². The predicted octanol–water partition coefficient (Wildman–Crippen LogP) is 1.17. The maximum absolute atomic E-state index is 12.7. The zero-order valence-electron chi connectivity index (χ0n) is 12.9. The molecule has 1 amide bonds. The fourth-order valence-corrected chi connectivity index (χ4v) is 3.61. The molecule has 3 unspecified atom stereocenters. The third kappa shape index (κ3) is 4.41. The number of hydrogen-bond donors (Lipinski definition) is 1. The maximum atomic E-state index is 12.7. The normalized spacial score (nSPS) is 32.7. The molecule has 3 saturated heterocycles. The van der Waals surface area contributed by atoms with Crippen LogP contribution < -0.4 is 5.32 Å². The molecule has 3 rings (SSSR count). The molecular formula is C16H28N2O3. The number of rotatable bonds is 6. The Balaban J connectivity index is 1.54. The number of carbonyl (C=O) groups excluding carboxylic acids is 1. The Kier molecular flexibility index (Phi) is 5.49. The molecule has 1 N–H and O–H groups in total. The van der Waals surface area contributed by atoms with Gasteiger partial charge in [0.15, 0.2) is 0 Å². The molecule has 3 heterocycles. The molecule has 0 aromatic carbocycles. The average Bonchev–Trinajstić information content (AvgIpc) is 3.21. The van der Waals surface area contributed by atoms with E-state index in [1.165, 1.54) is 0 Å². The van der Waals surface area contributed by atoms with Crippen molar-refractivity contribution >= 4 is 5.91 Å². The van der Waals surface area contributed by atoms with Crippen LogP contribution in [0.25, 0.3) is 0 Å². The van der Waals surface area contributed by atoms with Gasteiger partial charge in [0.2, 0.25) is 5.91 Å². The number of carbonyl (C=O) groups is 1. The molecule has 0 aromatic rings. The minimum absolute atomic E-state index is 0.233. The highest BCUT2D eigenvalue weighted by Gasteiger charge is 2.28. The van der Waals surface area contributed by atoms with Crippen LogP contribution in [0, 0.1) is 5.92 Å². The second kappa shape index (κ2) is 7.56. The summed E-state index contributed by atoms with van der Waals surface area (Å²) in [5.74, 6) is 0.795. The summed E-state index contributed by atoms with van der Waals surface area (Å²) in [7, 11) is 0. The summed E-state index contributed by atoms with van der Waals surface area (Å²) in [6, 6.07) is 0. The standard InChI is InChI=1S/C16H28N2O3/c19-16(9-13-5-6-17-10-13)18(11-14-3-1-7-20-14)12-15-4-2-8-21-15/h13-15,17H,1-12H2. The lowest BCUT2D eigenvalue weighted by Gasteiger charge is -2.28. The highest BCUT2D eigenvalue weighted by Crippen LogP contribution is 2.20. The Morgan fingerprint density at radius 1 is 1.05 bits per heavy atom. The molecule has 0 radical (unpaired) electrons. The summed E-state index contributed by atoms with van der Waals surface area (Å²) < 4.78 is 11.4. The van der Waals surface area contributed by atoms with Crippen molar-refractivity contribution in [2.45, 2.75) is 50.7 Å². The molecular weight excluding hydrogens is 268 g/mol. The fraction of sp³-hybridized carbons (Fsp3) is 0.938. The molecule has 3 atom stereocenters. The first-order valence-electron chi connectivity index (χ1n) is 8.53. The third-order valence-corrected chi connectivity index (χ3v) is 4.87. The van der Waals surface area contributed by atoms with Gasteiger partial charge in [0, 0.05) is 32.7 Å². The van der Waals surface area contributed by atoms with Crippen molar-refractivity contribution in [3.05, 3.63) is 0 Å². The zero-order chi connectivity index (χ0) is 14.5. The molecule has 3 aliphatic rings. The van der Waals surface area contributed by atoms with E-state index in [9.17, 15) is 4.79 Å². The van der Waals surface area contributed by atoms with E-state index in [4.69, 9.17) is 9.47 Å². The van der Waals surface area contributed by atoms with Crippen LogP contribution >= 0.6 is 0 Å². The second-order valence-corrected chi connectivity index (χ2v) is 6.63. The molecule has 21 heavy (non-hydrogen) atoms. The number of nitrogens with zero attached hydrogens (tertiary/aromatic N) is 1. The molecule has 0 spiro atoms. The summed E-state index contributed by atoms with van der Waals surface area (Å²) in [5, 5.41) is 3.34. The van der Waals surface area contributed by atoms with E-state index < -0.39 is 0 Å². The number of ether oxygens (including phenoxy) is 2. The smallest absolute Gasteiger partial charge is 0.223 e. The Bertz CT molecular complexity index is 314. The van der Waals surface area contributed by atoms with Crippen LogP contribution in [0.15, 0.2) is 0 Å². The molecule has 0 saturated carbocycles. The maximum Gasteiger partial charge on any atom is 0.223 e. The van der Waals surface area contributed by atoms with Crippen molar-refractivity contribution in [1.82, 2.24) is 10.2 Å². The van der Waals surface area contributed by atoms with Crippen LogP contribution in [0.1, 0.15) is 38.5 Å². The monoisotopic (exact) mass is 296 g/mol. The van der Waals surface area contributed by atoms with Crippen LogP contribution in [-0.2, 0) is 14.3 Å². The first-order chi connectivity index (χ1) is 10.3. The van der Waals surface area contributed by atoms with Gasteiger partial charge in [-0.2, -0.15) is 0 Å². The van der Waals surface area contributed by atoms with E-state index in [1.54, 1.807) is 0 Å². The molecule has 0 aliphatic carbocycles. The van der Waals surface area contributed by atoms with Crippen molar-refractivity contribution in [1.29, 1.82) is 0 Å². The molecule has 120 valence electrons. The lowest BCUT2D eigenvalue weighted by molar-refractivity contribution is -0.135. The molecule has 0 aromatic heterocycles. The van der Waals surface area contributed by atoms with Gasteiger partial charge >= 0.3 is 0 Å². The molecule has 3 fully saturated rings. The van der Waals surface area contributed by atoms with Crippen LogP contribution in [0.3, 0.4) is 0 Å². The number of amides is 1. The lowest BCUT2D eigenvalue weighted by atomic mass is 10.0. The van der Waals surface area contributed by atoms with Crippen molar-refractivity contribution in [3.8, 4) is 0 Å². The predicted molar refractivity (Wildman–Crippen MR) is 80.1 cm³/mol. The molecule has 3 aliphatic heterocycles. The van der Waals surface area contributed by atoms with Gasteiger partial charge in [-0.3, -0.25) is 4.79 Å². The van der Waals surface area contributed by atoms with Gasteiger partial charge in [0.1, 0.15) is 0 Å². The minimum atomic E-state index is 0.233. The topological polar surface area (TPSA) is 50.8 Å². The minimum Gasteiger partial charge on any atom is -0.376 e. The molecule has 0 bridgehead atoms. The lowest BCUT2D eigenvalue weighted by Crippen LogP contribution is -2.42. The quantitative estimate of drug-likeness (QED) is 0.799. The average molecular weight is 296 g/mol. The van der Waals surface area contributed by atoms with E-state index in [-0.39, 0.29) is 18.1 Å². The Morgan fingerprint density at radius 2 is 1.71 bits per heavy atom. The summed E-state index contributed by atoms with van der Waals surface area (Å²) in [6.45, 7) is 5.23. The van der Waals surface area contributed by atoms with E-state index >= 15 is 0 Å². The van der Waals surface area contributed by atoms with Crippen LogP contribution in [-0.4, -0.2) is 62.4 Å². The fourth-order valence-electron chi connectivity index (χ4n) is 3.61. The highest BCUT2D eigenvalue weighted by molar-refractivity contribution is 5.76. The van der Waals surface area contributed by atoms with E-state index in [0.717, 1.165) is 71.5 Å². The van der Waals surface area contributed by atoms with E-state index in [1.807, 2.05) is 4.90 Å². The van der Waals surface area contributed by atoms with Crippen molar-refractivity contribution in [2.24, 2.45) is 5.92 Å². The summed E-state index contributed by atoms with van der Waals surface area (Å²) in [5.41, 5.74) is 0. The van der Waals surface area contributed by atoms with Gasteiger partial charge < -0.3 is 19.7 Å². The van der Waals surface area contributed by atoms with Crippen LogP contribution in [0.2, 0.25) is 0 Å². The summed E-state index contributed by atoms with van der Waals surface area (Å²) in [6.07, 6.45) is 6.68. The van der Waals surface area contributed by atoms with Crippen molar-refractivity contribution < 1.29 is 14.3 Å². The zero-order valence-corrected chi connectivity index (χ0v) is 12.9. The van der Waals surface area contributed by atoms with E-state index in [2.05, 4.69) is 5.32 Å². The number of hydrogen-bond acceptors (Lipinski definition) is 4. The Hall–Kier alpha value is -0.650. The highest BCUT2D eigenvalue weighted by atomic mass is 16.5. The summed E-state index contributed by atoms with van der Waals surface area (Å²) in [4.78, 5) is 14.7. The van der Waals surface area contributed by atoms with Gasteiger partial charge in [-0.25, -0.2) is 0 Å². The van der Waals surface area contributed by atoms with Crippen molar-refractivity contribution in [2.75, 3.05) is 39.4 Å². The van der Waals surface area contributed by atoms with Crippen LogP contribution in [0.4, 0.5) is 0 Å². The van der Waals surface area contributed by atoms with Gasteiger partial charge in [0.25, 0.3) is 0 Å². The SMILES string of the molecule is O=C(CC1CCNC1)N(CC1CCCO1)CC1CCCO1. The van der Waals surface area contributed by atoms with Crippen LogP contribution in [0.5, 0.6) is 0 Å². The third-order valence-electron chi connectivity index (χ3n) is 4.87. The molecule has 5 heteroatoms. The number of nitrogens with one attached hydrogen (secondary N) is 1. The first-order valence-corrected chi connectivity index (χ1v) is 8.53. The van der Waals surface area contributed by atoms with Crippen molar-refractivity contribution in [3.63, 3.8) is 0 Å². The second-order valence-electron chi connectivity index (χ2n) is 6.63. The Morgan fingerprint density at radius 3 is 2.19 bits per heavy atom. The van der Waals surface area contributed by atoms with E-state index in [0.29, 0.717) is 12.3 Å². The van der Waals surface area contributed by atoms with Gasteiger partial charge in [-0.05, 0) is 51.1 Å². The summed E-state index contributed by atoms with van der Waals surface area (Å²) >= 11 is 0. The van der Waals surface area contributed by atoms with Gasteiger partial charge in [-0.1, -0.05) is 0 Å². The Labute approximate surface area is 127 Å². The first kappa shape index (κ1) is 15.3. The molecule has 5 nitrogen and oxygen atoms in total.